The molecule has 0 saturated carbocycles. The zero-order valence-corrected chi connectivity index (χ0v) is 8.13. The molecule has 1 aliphatic rings. The Morgan fingerprint density at radius 3 is 2.31 bits per heavy atom. The molecule has 0 aliphatic carbocycles. The van der Waals surface area contributed by atoms with Crippen LogP contribution in [0.2, 0.25) is 0 Å². The minimum absolute atomic E-state index is 0.404. The van der Waals surface area contributed by atoms with Crippen LogP contribution in [0.5, 0.6) is 0 Å². The summed E-state index contributed by atoms with van der Waals surface area (Å²) < 4.78 is 0. The fourth-order valence-corrected chi connectivity index (χ4v) is 1.65. The van der Waals surface area contributed by atoms with Gasteiger partial charge in [0.05, 0.1) is 6.17 Å². The van der Waals surface area contributed by atoms with Crippen molar-refractivity contribution in [2.45, 2.75) is 6.17 Å². The van der Waals surface area contributed by atoms with Crippen LogP contribution < -0.4 is 22.1 Å². The first kappa shape index (κ1) is 10.9. The molecule has 1 heterocycles. The number of piperazine rings is 1. The van der Waals surface area contributed by atoms with Crippen molar-refractivity contribution in [1.29, 1.82) is 0 Å². The van der Waals surface area contributed by atoms with Crippen molar-refractivity contribution in [1.82, 2.24) is 15.5 Å². The van der Waals surface area contributed by atoms with Crippen LogP contribution in [0.4, 0.5) is 0 Å². The third kappa shape index (κ3) is 3.58. The Morgan fingerprint density at radius 1 is 1.15 bits per heavy atom. The SMILES string of the molecule is NCCN(CCN)C1CNCCN1. The molecule has 1 atom stereocenters. The summed E-state index contributed by atoms with van der Waals surface area (Å²) in [4.78, 5) is 2.30. The van der Waals surface area contributed by atoms with Gasteiger partial charge in [0.15, 0.2) is 0 Å². The maximum absolute atomic E-state index is 5.54. The highest BCUT2D eigenvalue weighted by atomic mass is 15.3. The number of nitrogens with one attached hydrogen (secondary N) is 2. The third-order valence-electron chi connectivity index (χ3n) is 2.29. The molecule has 5 heteroatoms. The Balaban J connectivity index is 2.32. The van der Waals surface area contributed by atoms with E-state index in [0.717, 1.165) is 32.7 Å². The van der Waals surface area contributed by atoms with Crippen LogP contribution in [0.3, 0.4) is 0 Å². The predicted octanol–water partition coefficient (Wildman–Crippen LogP) is -2.28. The number of hydrogen-bond donors (Lipinski definition) is 4. The van der Waals surface area contributed by atoms with Gasteiger partial charge in [0.1, 0.15) is 0 Å². The molecule has 0 amide bonds. The van der Waals surface area contributed by atoms with Gasteiger partial charge in [0, 0.05) is 45.8 Å². The van der Waals surface area contributed by atoms with Crippen molar-refractivity contribution in [2.75, 3.05) is 45.8 Å². The molecule has 0 aromatic carbocycles. The number of rotatable bonds is 5. The van der Waals surface area contributed by atoms with Crippen LogP contribution in [0, 0.1) is 0 Å². The summed E-state index contributed by atoms with van der Waals surface area (Å²) >= 11 is 0. The third-order valence-corrected chi connectivity index (χ3v) is 2.29. The molecule has 6 N–H and O–H groups in total. The molecule has 0 aromatic rings. The first-order valence-electron chi connectivity index (χ1n) is 4.96. The highest BCUT2D eigenvalue weighted by Crippen LogP contribution is 1.96. The van der Waals surface area contributed by atoms with Crippen LogP contribution in [-0.2, 0) is 0 Å². The van der Waals surface area contributed by atoms with E-state index in [0.29, 0.717) is 19.3 Å². The summed E-state index contributed by atoms with van der Waals surface area (Å²) in [5.41, 5.74) is 11.1. The molecule has 1 saturated heterocycles. The van der Waals surface area contributed by atoms with Crippen molar-refractivity contribution in [3.05, 3.63) is 0 Å². The lowest BCUT2D eigenvalue weighted by atomic mass is 10.3. The molecule has 13 heavy (non-hydrogen) atoms. The number of hydrogen-bond acceptors (Lipinski definition) is 5. The largest absolute Gasteiger partial charge is 0.329 e. The van der Waals surface area contributed by atoms with E-state index in [-0.39, 0.29) is 0 Å². The normalized spacial score (nSPS) is 23.8. The van der Waals surface area contributed by atoms with Crippen molar-refractivity contribution < 1.29 is 0 Å². The van der Waals surface area contributed by atoms with E-state index in [2.05, 4.69) is 15.5 Å². The molecule has 0 bridgehead atoms. The van der Waals surface area contributed by atoms with Crippen LogP contribution in [0.1, 0.15) is 0 Å². The highest BCUT2D eigenvalue weighted by molar-refractivity contribution is 4.77. The van der Waals surface area contributed by atoms with Gasteiger partial charge in [0.25, 0.3) is 0 Å². The van der Waals surface area contributed by atoms with E-state index in [4.69, 9.17) is 11.5 Å². The average Bonchev–Trinajstić information content (AvgIpc) is 2.19. The van der Waals surface area contributed by atoms with Crippen LogP contribution in [0.15, 0.2) is 0 Å². The topological polar surface area (TPSA) is 79.3 Å². The molecule has 1 fully saturated rings. The standard InChI is InChI=1S/C8H21N5/c9-1-5-13(6-2-10)8-7-11-3-4-12-8/h8,11-12H,1-7,9-10H2. The lowest BCUT2D eigenvalue weighted by Gasteiger charge is -2.34. The first-order chi connectivity index (χ1) is 6.38. The first-order valence-corrected chi connectivity index (χ1v) is 4.96. The molecule has 1 rings (SSSR count). The Morgan fingerprint density at radius 2 is 1.85 bits per heavy atom. The molecule has 5 nitrogen and oxygen atoms in total. The summed E-state index contributed by atoms with van der Waals surface area (Å²) in [5, 5.41) is 6.79. The second kappa shape index (κ2) is 6.28. The van der Waals surface area contributed by atoms with E-state index in [9.17, 15) is 0 Å². The highest BCUT2D eigenvalue weighted by Gasteiger charge is 2.18. The van der Waals surface area contributed by atoms with Crippen molar-refractivity contribution in [2.24, 2.45) is 11.5 Å². The van der Waals surface area contributed by atoms with Crippen molar-refractivity contribution in [3.63, 3.8) is 0 Å². The van der Waals surface area contributed by atoms with Crippen LogP contribution in [-0.4, -0.2) is 56.9 Å². The van der Waals surface area contributed by atoms with Gasteiger partial charge < -0.3 is 16.8 Å². The van der Waals surface area contributed by atoms with Gasteiger partial charge in [0.2, 0.25) is 0 Å². The summed E-state index contributed by atoms with van der Waals surface area (Å²) in [5.74, 6) is 0. The maximum atomic E-state index is 5.54. The Labute approximate surface area is 79.8 Å². The number of nitrogens with two attached hydrogens (primary N) is 2. The molecule has 1 aliphatic heterocycles. The van der Waals surface area contributed by atoms with E-state index in [1.165, 1.54) is 0 Å². The van der Waals surface area contributed by atoms with E-state index in [1.54, 1.807) is 0 Å². The van der Waals surface area contributed by atoms with Gasteiger partial charge in [-0.2, -0.15) is 0 Å². The Bertz CT molecular complexity index is 118. The molecule has 0 spiro atoms. The molecular formula is C8H21N5. The molecule has 1 unspecified atom stereocenters. The van der Waals surface area contributed by atoms with Gasteiger partial charge in [-0.1, -0.05) is 0 Å². The summed E-state index contributed by atoms with van der Waals surface area (Å²) in [7, 11) is 0. The maximum Gasteiger partial charge on any atom is 0.0727 e. The fourth-order valence-electron chi connectivity index (χ4n) is 1.65. The van der Waals surface area contributed by atoms with Crippen molar-refractivity contribution >= 4 is 0 Å². The smallest absolute Gasteiger partial charge is 0.0727 e. The predicted molar refractivity (Wildman–Crippen MR) is 54.3 cm³/mol. The van der Waals surface area contributed by atoms with Gasteiger partial charge in [-0.3, -0.25) is 10.2 Å². The van der Waals surface area contributed by atoms with Gasteiger partial charge in [-0.25, -0.2) is 0 Å². The van der Waals surface area contributed by atoms with Gasteiger partial charge >= 0.3 is 0 Å². The lowest BCUT2D eigenvalue weighted by molar-refractivity contribution is 0.155. The summed E-state index contributed by atoms with van der Waals surface area (Å²) in [6.07, 6.45) is 0.404. The average molecular weight is 187 g/mol. The molecule has 0 aromatic heterocycles. The van der Waals surface area contributed by atoms with Gasteiger partial charge in [-0.15, -0.1) is 0 Å². The fraction of sp³-hybridized carbons (Fsp3) is 1.00. The van der Waals surface area contributed by atoms with Crippen molar-refractivity contribution in [3.8, 4) is 0 Å². The molecule has 78 valence electrons. The van der Waals surface area contributed by atoms with Crippen LogP contribution in [0.25, 0.3) is 0 Å². The minimum Gasteiger partial charge on any atom is -0.329 e. The van der Waals surface area contributed by atoms with Gasteiger partial charge in [-0.05, 0) is 0 Å². The molecular weight excluding hydrogens is 166 g/mol. The minimum atomic E-state index is 0.404. The number of nitrogens with zero attached hydrogens (tertiary/aromatic N) is 1. The van der Waals surface area contributed by atoms with E-state index in [1.807, 2.05) is 0 Å². The summed E-state index contributed by atoms with van der Waals surface area (Å²) in [6, 6.07) is 0. The van der Waals surface area contributed by atoms with E-state index >= 15 is 0 Å². The second-order valence-corrected chi connectivity index (χ2v) is 3.29. The summed E-state index contributed by atoms with van der Waals surface area (Å²) in [6.45, 7) is 6.27. The van der Waals surface area contributed by atoms with Crippen LogP contribution >= 0.6 is 0 Å². The Hall–Kier alpha value is -0.200. The quantitative estimate of drug-likeness (QED) is 0.390. The Kier molecular flexibility index (Phi) is 5.26. The lowest BCUT2D eigenvalue weighted by Crippen LogP contribution is -2.58. The molecule has 0 radical (unpaired) electrons. The zero-order chi connectivity index (χ0) is 9.52. The van der Waals surface area contributed by atoms with E-state index < -0.39 is 0 Å². The second-order valence-electron chi connectivity index (χ2n) is 3.29. The monoisotopic (exact) mass is 187 g/mol. The zero-order valence-electron chi connectivity index (χ0n) is 8.13.